The van der Waals surface area contributed by atoms with Crippen molar-refractivity contribution in [2.45, 2.75) is 49.1 Å². The molecule has 1 unspecified atom stereocenters. The fourth-order valence-electron chi connectivity index (χ4n) is 5.04. The van der Waals surface area contributed by atoms with Crippen molar-refractivity contribution in [1.29, 1.82) is 0 Å². The van der Waals surface area contributed by atoms with E-state index in [2.05, 4.69) is 10.1 Å². The third-order valence-corrected chi connectivity index (χ3v) is 10.5. The molecular formula is C30H39N5O7S2. The van der Waals surface area contributed by atoms with Crippen molar-refractivity contribution in [3.05, 3.63) is 83.9 Å². The number of sulfonamides is 1. The van der Waals surface area contributed by atoms with Gasteiger partial charge >= 0.3 is 10.1 Å². The van der Waals surface area contributed by atoms with Gasteiger partial charge in [-0.3, -0.25) is 4.90 Å². The van der Waals surface area contributed by atoms with E-state index in [1.54, 1.807) is 19.1 Å². The van der Waals surface area contributed by atoms with Crippen LogP contribution in [0.15, 0.2) is 87.7 Å². The molecule has 0 saturated carbocycles. The van der Waals surface area contributed by atoms with Gasteiger partial charge in [0.15, 0.2) is 11.5 Å². The summed E-state index contributed by atoms with van der Waals surface area (Å²) in [5, 5.41) is 3.43. The molecule has 3 aromatic rings. The van der Waals surface area contributed by atoms with E-state index in [9.17, 15) is 16.8 Å². The number of hydrogen-bond acceptors (Lipinski definition) is 9. The smallest absolute Gasteiger partial charge is 0.340 e. The van der Waals surface area contributed by atoms with Crippen LogP contribution in [0.4, 0.5) is 0 Å². The molecule has 1 aliphatic rings. The predicted octanol–water partition coefficient (Wildman–Crippen LogP) is 3.02. The minimum Gasteiger partial charge on any atom is -0.489 e. The number of oxime groups is 1. The lowest BCUT2D eigenvalue weighted by molar-refractivity contribution is 0.126. The Labute approximate surface area is 259 Å². The van der Waals surface area contributed by atoms with Gasteiger partial charge in [0.2, 0.25) is 16.0 Å². The van der Waals surface area contributed by atoms with Crippen LogP contribution in [0, 0.1) is 6.92 Å². The van der Waals surface area contributed by atoms with Crippen molar-refractivity contribution in [2.24, 2.45) is 16.6 Å². The molecule has 1 atom stereocenters. The molecule has 4 N–H and O–H groups in total. The van der Waals surface area contributed by atoms with Crippen LogP contribution in [0.2, 0.25) is 0 Å². The van der Waals surface area contributed by atoms with Gasteiger partial charge in [0.1, 0.15) is 16.4 Å². The fraction of sp³-hybridized carbons (Fsp3) is 0.367. The minimum absolute atomic E-state index is 0.0763. The first-order valence-corrected chi connectivity index (χ1v) is 17.1. The zero-order chi connectivity index (χ0) is 31.7. The first kappa shape index (κ1) is 33.1. The molecule has 44 heavy (non-hydrogen) atoms. The molecule has 1 aliphatic heterocycles. The molecule has 12 nitrogen and oxygen atoms in total. The monoisotopic (exact) mass is 645 g/mol. The third kappa shape index (κ3) is 8.40. The molecule has 3 aromatic carbocycles. The second-order valence-electron chi connectivity index (χ2n) is 10.4. The highest BCUT2D eigenvalue weighted by Crippen LogP contribution is 2.34. The van der Waals surface area contributed by atoms with Crippen LogP contribution in [-0.2, 0) is 31.5 Å². The second-order valence-corrected chi connectivity index (χ2v) is 13.7. The summed E-state index contributed by atoms with van der Waals surface area (Å²) >= 11 is 0. The molecular weight excluding hydrogens is 606 g/mol. The van der Waals surface area contributed by atoms with Gasteiger partial charge in [-0.2, -0.15) is 12.7 Å². The molecule has 0 aliphatic carbocycles. The summed E-state index contributed by atoms with van der Waals surface area (Å²) in [5.74, 6) is -0.105. The Balaban J connectivity index is 1.52. The summed E-state index contributed by atoms with van der Waals surface area (Å²) in [7, 11) is -8.80. The third-order valence-electron chi connectivity index (χ3n) is 7.03. The summed E-state index contributed by atoms with van der Waals surface area (Å²) in [6.07, 6.45) is 1.03. The Hall–Kier alpha value is -3.85. The van der Waals surface area contributed by atoms with Gasteiger partial charge in [-0.1, -0.05) is 55.5 Å². The maximum atomic E-state index is 14.0. The Kier molecular flexibility index (Phi) is 11.1. The highest BCUT2D eigenvalue weighted by molar-refractivity contribution is 7.91. The maximum absolute atomic E-state index is 14.0. The van der Waals surface area contributed by atoms with E-state index in [1.807, 2.05) is 37.3 Å². The van der Waals surface area contributed by atoms with Gasteiger partial charge in [0, 0.05) is 38.6 Å². The van der Waals surface area contributed by atoms with Crippen LogP contribution >= 0.6 is 0 Å². The summed E-state index contributed by atoms with van der Waals surface area (Å²) in [6, 6.07) is 19.9. The number of likely N-dealkylation sites (N-methyl/N-ethyl adjacent to an activating group) is 1. The highest BCUT2D eigenvalue weighted by Gasteiger charge is 2.38. The molecule has 1 heterocycles. The molecule has 0 aromatic heterocycles. The van der Waals surface area contributed by atoms with E-state index in [0.29, 0.717) is 25.9 Å². The fourth-order valence-corrected chi connectivity index (χ4v) is 8.41. The first-order valence-electron chi connectivity index (χ1n) is 14.3. The molecule has 4 rings (SSSR count). The van der Waals surface area contributed by atoms with Crippen molar-refractivity contribution in [3.8, 4) is 11.5 Å². The SMILES string of the molecule is CCN(C1CCN(Cc2ccccc2)C1)S(=O)(=O)c1ccccc1S(=O)(=O)Oc1ccc(C)cc1OCCCON=C(N)N. The van der Waals surface area contributed by atoms with Crippen LogP contribution in [-0.4, -0.2) is 70.9 Å². The van der Waals surface area contributed by atoms with Crippen molar-refractivity contribution in [3.63, 3.8) is 0 Å². The van der Waals surface area contributed by atoms with Crippen LogP contribution in [0.1, 0.15) is 30.9 Å². The van der Waals surface area contributed by atoms with Crippen LogP contribution in [0.5, 0.6) is 11.5 Å². The number of nitrogens with zero attached hydrogens (tertiary/aromatic N) is 3. The van der Waals surface area contributed by atoms with Gasteiger partial charge in [0.05, 0.1) is 6.61 Å². The Morgan fingerprint density at radius 3 is 2.36 bits per heavy atom. The van der Waals surface area contributed by atoms with Crippen LogP contribution < -0.4 is 20.4 Å². The molecule has 0 amide bonds. The Bertz CT molecular complexity index is 1650. The Morgan fingerprint density at radius 1 is 0.955 bits per heavy atom. The number of rotatable bonds is 15. The normalized spacial score (nSPS) is 15.7. The average molecular weight is 646 g/mol. The summed E-state index contributed by atoms with van der Waals surface area (Å²) in [5.41, 5.74) is 12.4. The lowest BCUT2D eigenvalue weighted by atomic mass is 10.2. The molecule has 0 bridgehead atoms. The summed E-state index contributed by atoms with van der Waals surface area (Å²) in [4.78, 5) is 6.35. The second kappa shape index (κ2) is 14.8. The highest BCUT2D eigenvalue weighted by atomic mass is 32.2. The summed E-state index contributed by atoms with van der Waals surface area (Å²) in [6.45, 7) is 6.05. The molecule has 14 heteroatoms. The first-order chi connectivity index (χ1) is 21.0. The minimum atomic E-state index is -4.59. The van der Waals surface area contributed by atoms with E-state index < -0.39 is 25.0 Å². The lowest BCUT2D eigenvalue weighted by Gasteiger charge is -2.28. The van der Waals surface area contributed by atoms with Crippen molar-refractivity contribution >= 4 is 26.1 Å². The van der Waals surface area contributed by atoms with Crippen LogP contribution in [0.3, 0.4) is 0 Å². The standard InChI is InChI=1S/C30H39N5O7S2/c1-3-35(25-16-17-34(22-25)21-24-10-5-4-6-11-24)43(36,37)28-12-7-8-13-29(28)44(38,39)42-26-15-14-23(2)20-27(26)40-18-9-19-41-33-30(31)32/h4-8,10-15,20,25H,3,9,16-19,21-22H2,1-2H3,(H4,31,32,33). The molecule has 1 fully saturated rings. The van der Waals surface area contributed by atoms with Crippen molar-refractivity contribution in [1.82, 2.24) is 9.21 Å². The number of nitrogens with two attached hydrogens (primary N) is 2. The van der Waals surface area contributed by atoms with E-state index in [0.717, 1.165) is 17.7 Å². The average Bonchev–Trinajstić information content (AvgIpc) is 3.44. The number of guanidine groups is 1. The largest absolute Gasteiger partial charge is 0.489 e. The number of aryl methyl sites for hydroxylation is 1. The van der Waals surface area contributed by atoms with Gasteiger partial charge in [-0.05, 0) is 53.9 Å². The number of likely N-dealkylation sites (tertiary alicyclic amines) is 1. The predicted molar refractivity (Wildman–Crippen MR) is 167 cm³/mol. The topological polar surface area (TPSA) is 167 Å². The summed E-state index contributed by atoms with van der Waals surface area (Å²) < 4.78 is 68.0. The van der Waals surface area contributed by atoms with Gasteiger partial charge in [-0.25, -0.2) is 8.42 Å². The lowest BCUT2D eigenvalue weighted by Crippen LogP contribution is -2.42. The molecule has 238 valence electrons. The molecule has 1 saturated heterocycles. The van der Waals surface area contributed by atoms with Gasteiger partial charge in [0.25, 0.3) is 0 Å². The number of hydrogen-bond donors (Lipinski definition) is 2. The maximum Gasteiger partial charge on any atom is 0.340 e. The van der Waals surface area contributed by atoms with E-state index in [-0.39, 0.29) is 48.2 Å². The number of benzene rings is 3. The van der Waals surface area contributed by atoms with Crippen molar-refractivity contribution < 1.29 is 30.6 Å². The van der Waals surface area contributed by atoms with E-state index in [4.69, 9.17) is 25.2 Å². The zero-order valence-electron chi connectivity index (χ0n) is 24.8. The van der Waals surface area contributed by atoms with Gasteiger partial charge < -0.3 is 25.2 Å². The number of ether oxygens (including phenoxy) is 1. The molecule has 0 spiro atoms. The quantitative estimate of drug-likeness (QED) is 0.0825. The van der Waals surface area contributed by atoms with E-state index in [1.165, 1.54) is 34.6 Å². The van der Waals surface area contributed by atoms with E-state index >= 15 is 0 Å². The molecule has 0 radical (unpaired) electrons. The Morgan fingerprint density at radius 2 is 1.66 bits per heavy atom. The van der Waals surface area contributed by atoms with Crippen molar-refractivity contribution in [2.75, 3.05) is 32.8 Å². The van der Waals surface area contributed by atoms with Gasteiger partial charge in [-0.15, -0.1) is 0 Å². The van der Waals surface area contributed by atoms with Crippen LogP contribution in [0.25, 0.3) is 0 Å². The zero-order valence-corrected chi connectivity index (χ0v) is 26.5.